The summed E-state index contributed by atoms with van der Waals surface area (Å²) in [7, 11) is 0. The summed E-state index contributed by atoms with van der Waals surface area (Å²) in [4.78, 5) is 38.5. The van der Waals surface area contributed by atoms with E-state index in [1.807, 2.05) is 6.07 Å². The molecule has 1 aliphatic rings. The van der Waals surface area contributed by atoms with Crippen molar-refractivity contribution in [3.8, 4) is 5.75 Å². The normalized spacial score (nSPS) is 16.0. The Morgan fingerprint density at radius 2 is 1.70 bits per heavy atom. The molecule has 1 amide bonds. The summed E-state index contributed by atoms with van der Waals surface area (Å²) in [6.07, 6.45) is 1.49. The second-order valence-corrected chi connectivity index (χ2v) is 7.20. The quantitative estimate of drug-likeness (QED) is 0.365. The van der Waals surface area contributed by atoms with Crippen molar-refractivity contribution in [1.29, 1.82) is 0 Å². The van der Waals surface area contributed by atoms with Gasteiger partial charge in [0.2, 0.25) is 0 Å². The number of carbonyl (C=O) groups is 1. The Morgan fingerprint density at radius 1 is 1.00 bits per heavy atom. The van der Waals surface area contributed by atoms with Crippen molar-refractivity contribution in [3.63, 3.8) is 0 Å². The predicted octanol–water partition coefficient (Wildman–Crippen LogP) is 2.07. The molecule has 0 unspecified atom stereocenters. The van der Waals surface area contributed by atoms with Crippen molar-refractivity contribution in [3.05, 3.63) is 74.5 Å². The number of para-hydroxylation sites is 2. The van der Waals surface area contributed by atoms with Gasteiger partial charge >= 0.3 is 0 Å². The first-order valence-electron chi connectivity index (χ1n) is 9.67. The Kier molecular flexibility index (Phi) is 5.24. The lowest BCUT2D eigenvalue weighted by Gasteiger charge is -2.24. The molecule has 1 aliphatic heterocycles. The SMILES string of the molecule is O=C(c1cccc(Nc2c(Nc3ccccc3)c(=O)c2=O)c1O)N1CCC[C@@H]1CO. The number of anilines is 4. The number of hydrogen-bond acceptors (Lipinski definition) is 7. The summed E-state index contributed by atoms with van der Waals surface area (Å²) in [5.74, 6) is -0.704. The van der Waals surface area contributed by atoms with Crippen molar-refractivity contribution in [2.75, 3.05) is 23.8 Å². The summed E-state index contributed by atoms with van der Waals surface area (Å²) in [6, 6.07) is 13.2. The number of aliphatic hydroxyl groups excluding tert-OH is 1. The largest absolute Gasteiger partial charge is 0.505 e. The second kappa shape index (κ2) is 8.00. The molecular formula is C22H21N3O5. The minimum absolute atomic E-state index is 0.0261. The molecule has 1 atom stereocenters. The Labute approximate surface area is 172 Å². The van der Waals surface area contributed by atoms with Gasteiger partial charge in [-0.25, -0.2) is 0 Å². The molecule has 8 heteroatoms. The average Bonchev–Trinajstić information content (AvgIpc) is 3.26. The smallest absolute Gasteiger partial charge is 0.258 e. The molecule has 0 bridgehead atoms. The lowest BCUT2D eigenvalue weighted by Crippen LogP contribution is -2.37. The maximum Gasteiger partial charge on any atom is 0.258 e. The van der Waals surface area contributed by atoms with E-state index in [2.05, 4.69) is 10.6 Å². The molecule has 1 fully saturated rings. The maximum absolute atomic E-state index is 12.9. The van der Waals surface area contributed by atoms with Gasteiger partial charge in [0.05, 0.1) is 23.9 Å². The Morgan fingerprint density at radius 3 is 2.40 bits per heavy atom. The highest BCUT2D eigenvalue weighted by Crippen LogP contribution is 2.34. The van der Waals surface area contributed by atoms with Gasteiger partial charge < -0.3 is 25.7 Å². The zero-order chi connectivity index (χ0) is 21.3. The van der Waals surface area contributed by atoms with Crippen LogP contribution in [-0.4, -0.2) is 40.2 Å². The number of nitrogens with one attached hydrogen (secondary N) is 2. The molecule has 1 saturated heterocycles. The van der Waals surface area contributed by atoms with Gasteiger partial charge in [0.25, 0.3) is 16.8 Å². The van der Waals surface area contributed by atoms with Gasteiger partial charge in [-0.05, 0) is 37.1 Å². The van der Waals surface area contributed by atoms with Crippen molar-refractivity contribution >= 4 is 28.7 Å². The first-order valence-corrected chi connectivity index (χ1v) is 9.67. The van der Waals surface area contributed by atoms with Crippen LogP contribution in [-0.2, 0) is 0 Å². The maximum atomic E-state index is 12.9. The number of hydrogen-bond donors (Lipinski definition) is 4. The van der Waals surface area contributed by atoms with E-state index in [1.165, 1.54) is 12.1 Å². The molecule has 0 aromatic heterocycles. The highest BCUT2D eigenvalue weighted by molar-refractivity contribution is 5.99. The van der Waals surface area contributed by atoms with Gasteiger partial charge in [-0.15, -0.1) is 0 Å². The van der Waals surface area contributed by atoms with Crippen molar-refractivity contribution in [2.24, 2.45) is 0 Å². The fourth-order valence-corrected chi connectivity index (χ4v) is 3.70. The monoisotopic (exact) mass is 407 g/mol. The molecule has 4 N–H and O–H groups in total. The van der Waals surface area contributed by atoms with Crippen LogP contribution < -0.4 is 21.5 Å². The third-order valence-corrected chi connectivity index (χ3v) is 5.33. The molecule has 30 heavy (non-hydrogen) atoms. The fourth-order valence-electron chi connectivity index (χ4n) is 3.70. The fraction of sp³-hybridized carbons (Fsp3) is 0.227. The Bertz CT molecular complexity index is 1150. The van der Waals surface area contributed by atoms with E-state index >= 15 is 0 Å². The molecule has 0 radical (unpaired) electrons. The predicted molar refractivity (Wildman–Crippen MR) is 114 cm³/mol. The lowest BCUT2D eigenvalue weighted by atomic mass is 10.1. The number of carbonyl (C=O) groups excluding carboxylic acids is 1. The van der Waals surface area contributed by atoms with Gasteiger partial charge in [0.1, 0.15) is 11.4 Å². The third kappa shape index (κ3) is 3.42. The summed E-state index contributed by atoms with van der Waals surface area (Å²) in [6.45, 7) is 0.368. The molecule has 0 spiro atoms. The van der Waals surface area contributed by atoms with E-state index in [4.69, 9.17) is 0 Å². The average molecular weight is 407 g/mol. The molecule has 4 rings (SSSR count). The first kappa shape index (κ1) is 19.7. The van der Waals surface area contributed by atoms with Gasteiger partial charge in [0.15, 0.2) is 5.75 Å². The summed E-state index contributed by atoms with van der Waals surface area (Å²) < 4.78 is 0. The number of likely N-dealkylation sites (tertiary alicyclic amines) is 1. The van der Waals surface area contributed by atoms with E-state index in [1.54, 1.807) is 35.2 Å². The van der Waals surface area contributed by atoms with E-state index < -0.39 is 10.9 Å². The molecule has 8 nitrogen and oxygen atoms in total. The number of amides is 1. The van der Waals surface area contributed by atoms with Gasteiger partial charge in [-0.3, -0.25) is 14.4 Å². The third-order valence-electron chi connectivity index (χ3n) is 5.33. The number of aliphatic hydroxyl groups is 1. The molecule has 154 valence electrons. The van der Waals surface area contributed by atoms with Crippen LogP contribution in [0.1, 0.15) is 23.2 Å². The first-order chi connectivity index (χ1) is 14.5. The summed E-state index contributed by atoms with van der Waals surface area (Å²) >= 11 is 0. The van der Waals surface area contributed by atoms with Gasteiger partial charge in [-0.2, -0.15) is 0 Å². The lowest BCUT2D eigenvalue weighted by molar-refractivity contribution is 0.0674. The Hall–Kier alpha value is -3.65. The van der Waals surface area contributed by atoms with Crippen molar-refractivity contribution in [1.82, 2.24) is 4.90 Å². The minimum Gasteiger partial charge on any atom is -0.505 e. The molecule has 0 saturated carbocycles. The number of phenolic OH excluding ortho intramolecular Hbond substituents is 1. The molecule has 0 aliphatic carbocycles. The van der Waals surface area contributed by atoms with Crippen molar-refractivity contribution < 1.29 is 15.0 Å². The van der Waals surface area contributed by atoms with Gasteiger partial charge in [-0.1, -0.05) is 24.3 Å². The van der Waals surface area contributed by atoms with Crippen LogP contribution in [0.25, 0.3) is 0 Å². The number of nitrogens with zero attached hydrogens (tertiary/aromatic N) is 1. The van der Waals surface area contributed by atoms with E-state index in [0.29, 0.717) is 18.7 Å². The van der Waals surface area contributed by atoms with Crippen LogP contribution in [0.4, 0.5) is 22.7 Å². The standard InChI is InChI=1S/C22H21N3O5/c26-12-14-8-5-11-25(14)22(30)15-9-4-10-16(19(15)27)24-18-17(20(28)21(18)29)23-13-6-2-1-3-7-13/h1-4,6-7,9-10,14,23-24,26-27H,5,8,11-12H2/t14-/m1/s1. The number of aromatic hydroxyl groups is 1. The van der Waals surface area contributed by atoms with Crippen molar-refractivity contribution in [2.45, 2.75) is 18.9 Å². The van der Waals surface area contributed by atoms with E-state index in [0.717, 1.165) is 6.42 Å². The zero-order valence-electron chi connectivity index (χ0n) is 16.1. The number of phenols is 1. The van der Waals surface area contributed by atoms with Crippen LogP contribution in [0.15, 0.2) is 58.1 Å². The van der Waals surface area contributed by atoms with Crippen LogP contribution >= 0.6 is 0 Å². The molecule has 3 aromatic rings. The van der Waals surface area contributed by atoms with Crippen LogP contribution in [0.3, 0.4) is 0 Å². The van der Waals surface area contributed by atoms with Crippen LogP contribution in [0.2, 0.25) is 0 Å². The topological polar surface area (TPSA) is 119 Å². The second-order valence-electron chi connectivity index (χ2n) is 7.20. The summed E-state index contributed by atoms with van der Waals surface area (Å²) in [5.41, 5.74) is -0.383. The number of rotatable bonds is 6. The van der Waals surface area contributed by atoms with Gasteiger partial charge in [0, 0.05) is 12.2 Å². The minimum atomic E-state index is -0.704. The molecule has 1 heterocycles. The Balaban J connectivity index is 1.61. The van der Waals surface area contributed by atoms with Crippen LogP contribution in [0.5, 0.6) is 5.75 Å². The summed E-state index contributed by atoms with van der Waals surface area (Å²) in [5, 5.41) is 25.8. The van der Waals surface area contributed by atoms with E-state index in [9.17, 15) is 24.6 Å². The zero-order valence-corrected chi connectivity index (χ0v) is 16.1. The highest BCUT2D eigenvalue weighted by Gasteiger charge is 2.31. The molecular weight excluding hydrogens is 386 g/mol. The molecule has 3 aromatic carbocycles. The van der Waals surface area contributed by atoms with E-state index in [-0.39, 0.29) is 46.9 Å². The van der Waals surface area contributed by atoms with Crippen LogP contribution in [0, 0.1) is 0 Å². The highest BCUT2D eigenvalue weighted by atomic mass is 16.3. The number of benzene rings is 2.